The lowest BCUT2D eigenvalue weighted by Crippen LogP contribution is -2.41. The Morgan fingerprint density at radius 1 is 0.906 bits per heavy atom. The molecule has 2 aromatic rings. The lowest BCUT2D eigenvalue weighted by atomic mass is 10.0. The third kappa shape index (κ3) is 5.10. The SMILES string of the molecule is Cc1ccc(O[Si](Oc2ccc(C)c(C)c2C#N)C(=O)C(=C=O)CC=C=O)c(C#N)c1C. The molecule has 0 aliphatic rings. The van der Waals surface area contributed by atoms with Crippen molar-refractivity contribution >= 4 is 26.6 Å². The van der Waals surface area contributed by atoms with E-state index in [1.54, 1.807) is 38.1 Å². The van der Waals surface area contributed by atoms with Crippen LogP contribution in [0.3, 0.4) is 0 Å². The van der Waals surface area contributed by atoms with E-state index in [1.165, 1.54) is 11.9 Å². The molecule has 0 saturated carbocycles. The predicted molar refractivity (Wildman–Crippen MR) is 117 cm³/mol. The van der Waals surface area contributed by atoms with Crippen LogP contribution in [-0.2, 0) is 14.4 Å². The first-order valence-electron chi connectivity index (χ1n) is 9.50. The summed E-state index contributed by atoms with van der Waals surface area (Å²) >= 11 is 0. The van der Waals surface area contributed by atoms with Crippen molar-refractivity contribution in [2.45, 2.75) is 34.1 Å². The van der Waals surface area contributed by atoms with E-state index in [0.29, 0.717) is 11.1 Å². The largest absolute Gasteiger partial charge is 0.617 e. The van der Waals surface area contributed by atoms with Crippen molar-refractivity contribution in [3.8, 4) is 23.6 Å². The molecule has 2 aromatic carbocycles. The maximum Gasteiger partial charge on any atom is 0.617 e. The topological polar surface area (TPSA) is 117 Å². The van der Waals surface area contributed by atoms with E-state index in [2.05, 4.69) is 12.1 Å². The molecule has 32 heavy (non-hydrogen) atoms. The van der Waals surface area contributed by atoms with Gasteiger partial charge in [-0.2, -0.15) is 10.5 Å². The molecule has 0 aromatic heterocycles. The summed E-state index contributed by atoms with van der Waals surface area (Å²) < 4.78 is 11.7. The number of allylic oxidation sites excluding steroid dienone is 2. The summed E-state index contributed by atoms with van der Waals surface area (Å²) in [7, 11) is -2.98. The van der Waals surface area contributed by atoms with Gasteiger partial charge in [-0.3, -0.25) is 4.79 Å². The monoisotopic (exact) mass is 443 g/mol. The summed E-state index contributed by atoms with van der Waals surface area (Å²) in [5.74, 6) is 3.28. The highest BCUT2D eigenvalue weighted by molar-refractivity contribution is 6.85. The first-order chi connectivity index (χ1) is 15.3. The molecular formula is C24H19N2O5Si. The molecule has 0 bridgehead atoms. The van der Waals surface area contributed by atoms with E-state index in [1.807, 2.05) is 13.8 Å². The molecule has 0 atom stereocenters. The smallest absolute Gasteiger partial charge is 0.504 e. The van der Waals surface area contributed by atoms with Crippen LogP contribution < -0.4 is 8.85 Å². The van der Waals surface area contributed by atoms with Crippen molar-refractivity contribution in [1.82, 2.24) is 0 Å². The Morgan fingerprint density at radius 3 is 1.75 bits per heavy atom. The maximum absolute atomic E-state index is 13.1. The number of hydrogen-bond donors (Lipinski definition) is 0. The van der Waals surface area contributed by atoms with Crippen molar-refractivity contribution in [1.29, 1.82) is 10.5 Å². The molecule has 159 valence electrons. The van der Waals surface area contributed by atoms with E-state index in [4.69, 9.17) is 8.85 Å². The third-order valence-electron chi connectivity index (χ3n) is 5.00. The molecule has 0 aliphatic carbocycles. The zero-order valence-corrected chi connectivity index (χ0v) is 19.0. The van der Waals surface area contributed by atoms with Gasteiger partial charge in [-0.15, -0.1) is 0 Å². The normalized spacial score (nSPS) is 9.72. The molecule has 1 radical (unpaired) electrons. The summed E-state index contributed by atoms with van der Waals surface area (Å²) in [6.07, 6.45) is 0.688. The van der Waals surface area contributed by atoms with Crippen LogP contribution in [0, 0.1) is 50.4 Å². The molecule has 7 nitrogen and oxygen atoms in total. The van der Waals surface area contributed by atoms with Crippen LogP contribution in [0.5, 0.6) is 11.5 Å². The number of carbonyl (C=O) groups excluding carboxylic acids is 3. The maximum atomic E-state index is 13.1. The van der Waals surface area contributed by atoms with Gasteiger partial charge >= 0.3 is 9.28 Å². The van der Waals surface area contributed by atoms with Crippen LogP contribution in [0.25, 0.3) is 0 Å². The van der Waals surface area contributed by atoms with Crippen LogP contribution in [0.2, 0.25) is 0 Å². The Balaban J connectivity index is 2.58. The van der Waals surface area contributed by atoms with Gasteiger partial charge in [0.1, 0.15) is 35.5 Å². The number of hydrogen-bond acceptors (Lipinski definition) is 7. The molecule has 0 amide bonds. The van der Waals surface area contributed by atoms with Gasteiger partial charge in [-0.1, -0.05) is 12.1 Å². The van der Waals surface area contributed by atoms with Gasteiger partial charge in [-0.25, -0.2) is 9.59 Å². The molecule has 0 aliphatic heterocycles. The molecule has 0 N–H and O–H groups in total. The fraction of sp³-hybridized carbons (Fsp3) is 0.208. The van der Waals surface area contributed by atoms with Crippen LogP contribution in [0.4, 0.5) is 0 Å². The quantitative estimate of drug-likeness (QED) is 0.349. The molecule has 0 unspecified atom stereocenters. The van der Waals surface area contributed by atoms with E-state index in [-0.39, 0.29) is 34.6 Å². The lowest BCUT2D eigenvalue weighted by molar-refractivity contribution is -0.110. The fourth-order valence-corrected chi connectivity index (χ4v) is 4.16. The zero-order chi connectivity index (χ0) is 23.8. The first kappa shape index (κ1) is 24.1. The number of rotatable bonds is 8. The van der Waals surface area contributed by atoms with Gasteiger partial charge in [0, 0.05) is 12.5 Å². The van der Waals surface area contributed by atoms with Crippen molar-refractivity contribution in [2.75, 3.05) is 0 Å². The Labute approximate surface area is 187 Å². The molecule has 8 heteroatoms. The Kier molecular flexibility index (Phi) is 8.07. The number of benzene rings is 2. The van der Waals surface area contributed by atoms with Crippen molar-refractivity contribution in [3.05, 3.63) is 69.3 Å². The van der Waals surface area contributed by atoms with E-state index < -0.39 is 14.7 Å². The Bertz CT molecular complexity index is 1190. The van der Waals surface area contributed by atoms with Crippen LogP contribution in [0.1, 0.15) is 39.8 Å². The first-order valence-corrected chi connectivity index (χ1v) is 10.8. The van der Waals surface area contributed by atoms with Gasteiger partial charge in [0.25, 0.3) is 0 Å². The second-order valence-electron chi connectivity index (χ2n) is 6.91. The van der Waals surface area contributed by atoms with Crippen molar-refractivity contribution in [3.63, 3.8) is 0 Å². The number of aryl methyl sites for hydroxylation is 2. The summed E-state index contributed by atoms with van der Waals surface area (Å²) in [5.41, 5.74) is 3.19. The van der Waals surface area contributed by atoms with Gasteiger partial charge in [0.15, 0.2) is 0 Å². The Hall–Kier alpha value is -4.19. The predicted octanol–water partition coefficient (Wildman–Crippen LogP) is 3.25. The zero-order valence-electron chi connectivity index (χ0n) is 18.0. The van der Waals surface area contributed by atoms with E-state index in [9.17, 15) is 24.9 Å². The average Bonchev–Trinajstić information content (AvgIpc) is 2.78. The van der Waals surface area contributed by atoms with Crippen LogP contribution in [0.15, 0.2) is 35.9 Å². The van der Waals surface area contributed by atoms with E-state index >= 15 is 0 Å². The minimum absolute atomic E-state index is 0.122. The van der Waals surface area contributed by atoms with Crippen molar-refractivity contribution < 1.29 is 23.2 Å². The van der Waals surface area contributed by atoms with E-state index in [0.717, 1.165) is 17.2 Å². The molecule has 0 fully saturated rings. The summed E-state index contributed by atoms with van der Waals surface area (Å²) in [5, 5.41) is 18.4. The van der Waals surface area contributed by atoms with Gasteiger partial charge in [-0.05, 0) is 62.1 Å². The summed E-state index contributed by atoms with van der Waals surface area (Å²) in [4.78, 5) is 35.0. The average molecular weight is 444 g/mol. The highest BCUT2D eigenvalue weighted by Gasteiger charge is 2.37. The molecule has 0 heterocycles. The molecular weight excluding hydrogens is 424 g/mol. The van der Waals surface area contributed by atoms with Gasteiger partial charge in [0.2, 0.25) is 5.41 Å². The number of nitrogens with zero attached hydrogens (tertiary/aromatic N) is 2. The minimum atomic E-state index is -2.98. The van der Waals surface area contributed by atoms with Gasteiger partial charge in [0.05, 0.1) is 16.7 Å². The number of carbonyl (C=O) groups is 1. The Morgan fingerprint density at radius 2 is 1.38 bits per heavy atom. The van der Waals surface area contributed by atoms with Crippen molar-refractivity contribution in [2.24, 2.45) is 0 Å². The van der Waals surface area contributed by atoms with Crippen LogP contribution >= 0.6 is 0 Å². The molecule has 2 rings (SSSR count). The second-order valence-corrected chi connectivity index (χ2v) is 8.35. The molecule has 0 spiro atoms. The minimum Gasteiger partial charge on any atom is -0.504 e. The highest BCUT2D eigenvalue weighted by atomic mass is 28.3. The highest BCUT2D eigenvalue weighted by Crippen LogP contribution is 2.28. The number of nitriles is 2. The lowest BCUT2D eigenvalue weighted by Gasteiger charge is -2.19. The summed E-state index contributed by atoms with van der Waals surface area (Å²) in [6, 6.07) is 10.7. The third-order valence-corrected chi connectivity index (χ3v) is 6.48. The standard InChI is InChI=1S/C24H19N2O5Si/c1-15-7-9-22(20(12-25)17(15)3)30-32(24(29)19(14-28)6-5-11-27)31-23-10-8-16(2)18(4)21(23)13-26/h5,7-10H,6H2,1-4H3. The molecule has 0 saturated heterocycles. The fourth-order valence-electron chi connectivity index (χ4n) is 2.79. The van der Waals surface area contributed by atoms with Crippen LogP contribution in [-0.4, -0.2) is 26.6 Å². The second kappa shape index (κ2) is 10.7. The van der Waals surface area contributed by atoms with Gasteiger partial charge < -0.3 is 8.85 Å². The summed E-state index contributed by atoms with van der Waals surface area (Å²) in [6.45, 7) is 7.17.